The first-order chi connectivity index (χ1) is 18.0. The van der Waals surface area contributed by atoms with Gasteiger partial charge < -0.3 is 0 Å². The van der Waals surface area contributed by atoms with E-state index in [1.165, 1.54) is 33.4 Å². The topological polar surface area (TPSA) is 18.5 Å². The summed E-state index contributed by atoms with van der Waals surface area (Å²) in [6.45, 7) is 4.48. The van der Waals surface area contributed by atoms with Crippen molar-refractivity contribution in [3.05, 3.63) is 139 Å². The minimum atomic E-state index is -4.42. The second-order valence-corrected chi connectivity index (χ2v) is 18.8. The standard InChI is InChI=1S/2C10H9.2C6H5BrO.Zr/c2*1-8-6-9-4-2-3-5-10(9)7-8;2*7-5-3-1-2-4-6(5)8;/h2*2-7H,1H3;2*1-4,8H;/q;;;;+2/p-2. The Labute approximate surface area is 240 Å². The molecule has 0 saturated heterocycles. The van der Waals surface area contributed by atoms with Gasteiger partial charge in [0.25, 0.3) is 0 Å². The average Bonchev–Trinajstić information content (AvgIpc) is 3.42. The quantitative estimate of drug-likeness (QED) is 0.200. The fourth-order valence-corrected chi connectivity index (χ4v) is 18.9. The van der Waals surface area contributed by atoms with Gasteiger partial charge in [0.05, 0.1) is 0 Å². The third-order valence-corrected chi connectivity index (χ3v) is 19.0. The zero-order chi connectivity index (χ0) is 25.6. The molecule has 0 saturated carbocycles. The Balaban J connectivity index is 1.66. The van der Waals surface area contributed by atoms with Crippen molar-refractivity contribution in [1.82, 2.24) is 0 Å². The molecule has 0 fully saturated rings. The van der Waals surface area contributed by atoms with E-state index in [1.54, 1.807) is 0 Å². The molecule has 0 N–H and O–H groups in total. The van der Waals surface area contributed by atoms with Gasteiger partial charge in [-0.15, -0.1) is 0 Å². The number of rotatable bonds is 6. The predicted octanol–water partition coefficient (Wildman–Crippen LogP) is 9.97. The second kappa shape index (κ2) is 10.2. The number of hydrogen-bond acceptors (Lipinski definition) is 2. The van der Waals surface area contributed by atoms with Crippen molar-refractivity contribution in [3.63, 3.8) is 0 Å². The van der Waals surface area contributed by atoms with Gasteiger partial charge in [-0.2, -0.15) is 0 Å². The van der Waals surface area contributed by atoms with Crippen molar-refractivity contribution >= 4 is 44.0 Å². The van der Waals surface area contributed by atoms with Crippen molar-refractivity contribution in [3.8, 4) is 11.5 Å². The Morgan fingerprint density at radius 2 is 0.919 bits per heavy atom. The molecule has 0 bridgehead atoms. The molecule has 4 aromatic carbocycles. The molecular weight excluding hydrogens is 667 g/mol. The number of allylic oxidation sites excluding steroid dienone is 2. The maximum atomic E-state index is 7.45. The van der Waals surface area contributed by atoms with Gasteiger partial charge >= 0.3 is 243 Å². The molecule has 5 heteroatoms. The molecule has 2 unspecified atom stereocenters. The SMILES string of the molecule is CC1=Cc2ccccc2[CH]1[Zr]([O]c1ccccc1Br)([O]c1ccccc1Br)[CH]1C(C)=Cc2ccccc21. The summed E-state index contributed by atoms with van der Waals surface area (Å²) in [5.74, 6) is 1.67. The van der Waals surface area contributed by atoms with E-state index in [-0.39, 0.29) is 7.25 Å². The molecule has 2 aliphatic rings. The Morgan fingerprint density at radius 3 is 1.35 bits per heavy atom. The van der Waals surface area contributed by atoms with Crippen LogP contribution >= 0.6 is 31.9 Å². The Hall–Kier alpha value is -2.20. The molecule has 2 nitrogen and oxygen atoms in total. The fourth-order valence-electron chi connectivity index (χ4n) is 5.85. The van der Waals surface area contributed by atoms with E-state index >= 15 is 0 Å². The third-order valence-electron chi connectivity index (χ3n) is 7.31. The van der Waals surface area contributed by atoms with Crippen LogP contribution in [0, 0.1) is 0 Å². The van der Waals surface area contributed by atoms with Gasteiger partial charge in [0.2, 0.25) is 0 Å². The summed E-state index contributed by atoms with van der Waals surface area (Å²) in [6.07, 6.45) is 4.64. The summed E-state index contributed by atoms with van der Waals surface area (Å²) in [7, 11) is 0. The Bertz CT molecular complexity index is 1440. The number of hydrogen-bond donors (Lipinski definition) is 0. The molecule has 2 atom stereocenters. The Kier molecular flexibility index (Phi) is 6.90. The second-order valence-electron chi connectivity index (χ2n) is 9.69. The van der Waals surface area contributed by atoms with Crippen LogP contribution in [0.4, 0.5) is 0 Å². The van der Waals surface area contributed by atoms with Gasteiger partial charge in [-0.05, 0) is 0 Å². The zero-order valence-electron chi connectivity index (χ0n) is 20.6. The molecular formula is C32H26Br2O2Zr. The van der Waals surface area contributed by atoms with Crippen LogP contribution in [-0.2, 0) is 21.1 Å². The first-order valence-corrected chi connectivity index (χ1v) is 18.8. The van der Waals surface area contributed by atoms with E-state index in [1.807, 2.05) is 36.4 Å². The molecule has 37 heavy (non-hydrogen) atoms. The van der Waals surface area contributed by atoms with E-state index in [0.29, 0.717) is 0 Å². The van der Waals surface area contributed by atoms with Crippen LogP contribution < -0.4 is 5.63 Å². The maximum absolute atomic E-state index is 7.45. The monoisotopic (exact) mass is 690 g/mol. The van der Waals surface area contributed by atoms with Gasteiger partial charge in [-0.3, -0.25) is 0 Å². The predicted molar refractivity (Wildman–Crippen MR) is 155 cm³/mol. The molecule has 0 aromatic heterocycles. The van der Waals surface area contributed by atoms with Crippen LogP contribution in [0.25, 0.3) is 12.2 Å². The van der Waals surface area contributed by atoms with E-state index in [9.17, 15) is 0 Å². The molecule has 0 amide bonds. The normalized spacial score (nSPS) is 18.1. The van der Waals surface area contributed by atoms with Crippen LogP contribution in [0.15, 0.2) is 117 Å². The average molecular weight is 694 g/mol. The summed E-state index contributed by atoms with van der Waals surface area (Å²) in [5.41, 5.74) is 7.71. The van der Waals surface area contributed by atoms with E-state index in [0.717, 1.165) is 20.4 Å². The van der Waals surface area contributed by atoms with Gasteiger partial charge in [-0.25, -0.2) is 0 Å². The van der Waals surface area contributed by atoms with Crippen molar-refractivity contribution in [2.24, 2.45) is 0 Å². The van der Waals surface area contributed by atoms with Crippen molar-refractivity contribution in [1.29, 1.82) is 0 Å². The summed E-state index contributed by atoms with van der Waals surface area (Å²) in [6, 6.07) is 33.7. The summed E-state index contributed by atoms with van der Waals surface area (Å²) in [5, 5.41) is 0. The molecule has 2 aliphatic carbocycles. The van der Waals surface area contributed by atoms with Gasteiger partial charge in [-0.1, -0.05) is 0 Å². The molecule has 4 aromatic rings. The number of halogens is 2. The molecule has 184 valence electrons. The van der Waals surface area contributed by atoms with Crippen LogP contribution in [0.1, 0.15) is 43.4 Å². The van der Waals surface area contributed by atoms with E-state index in [2.05, 4.69) is 119 Å². The van der Waals surface area contributed by atoms with Crippen LogP contribution in [0.2, 0.25) is 0 Å². The Morgan fingerprint density at radius 1 is 0.541 bits per heavy atom. The summed E-state index contributed by atoms with van der Waals surface area (Å²) < 4.78 is 16.9. The van der Waals surface area contributed by atoms with Gasteiger partial charge in [0, 0.05) is 0 Å². The first-order valence-electron chi connectivity index (χ1n) is 12.4. The van der Waals surface area contributed by atoms with Gasteiger partial charge in [0.1, 0.15) is 0 Å². The molecule has 0 radical (unpaired) electrons. The third kappa shape index (κ3) is 4.43. The van der Waals surface area contributed by atoms with E-state index in [4.69, 9.17) is 5.63 Å². The van der Waals surface area contributed by atoms with Crippen LogP contribution in [-0.4, -0.2) is 0 Å². The van der Waals surface area contributed by atoms with E-state index < -0.39 is 21.1 Å². The van der Waals surface area contributed by atoms with Crippen molar-refractivity contribution in [2.45, 2.75) is 21.1 Å². The van der Waals surface area contributed by atoms with Crippen LogP contribution in [0.3, 0.4) is 0 Å². The first kappa shape index (κ1) is 25.1. The summed E-state index contributed by atoms with van der Waals surface area (Å²) in [4.78, 5) is 0. The molecule has 6 rings (SSSR count). The molecule has 0 spiro atoms. The van der Waals surface area contributed by atoms with Gasteiger partial charge in [0.15, 0.2) is 0 Å². The zero-order valence-corrected chi connectivity index (χ0v) is 26.2. The minimum absolute atomic E-state index is 0.0595. The van der Waals surface area contributed by atoms with Crippen molar-refractivity contribution < 1.29 is 26.8 Å². The summed E-state index contributed by atoms with van der Waals surface area (Å²) >= 11 is 3.13. The van der Waals surface area contributed by atoms with Crippen molar-refractivity contribution in [2.75, 3.05) is 0 Å². The number of para-hydroxylation sites is 2. The molecule has 0 aliphatic heterocycles. The van der Waals surface area contributed by atoms with Crippen LogP contribution in [0.5, 0.6) is 11.5 Å². The number of benzene rings is 4. The molecule has 0 heterocycles. The number of fused-ring (bicyclic) bond motifs is 2. The fraction of sp³-hybridized carbons (Fsp3) is 0.125.